The van der Waals surface area contributed by atoms with Crippen molar-refractivity contribution in [1.29, 1.82) is 0 Å². The van der Waals surface area contributed by atoms with Gasteiger partial charge >= 0.3 is 0 Å². The van der Waals surface area contributed by atoms with E-state index in [0.717, 1.165) is 5.89 Å². The first-order chi connectivity index (χ1) is 6.40. The SMILES string of the molecule is OCc1coc(C2CCCCC2)n1. The number of oxazole rings is 1. The number of nitrogens with zero attached hydrogens (tertiary/aromatic N) is 1. The summed E-state index contributed by atoms with van der Waals surface area (Å²) in [4.78, 5) is 4.24. The smallest absolute Gasteiger partial charge is 0.197 e. The molecule has 1 fully saturated rings. The van der Waals surface area contributed by atoms with Gasteiger partial charge in [-0.15, -0.1) is 0 Å². The molecule has 0 radical (unpaired) electrons. The van der Waals surface area contributed by atoms with E-state index in [1.165, 1.54) is 32.1 Å². The number of aliphatic hydroxyl groups excluding tert-OH is 1. The second-order valence-corrected chi connectivity index (χ2v) is 3.67. The lowest BCUT2D eigenvalue weighted by atomic mass is 9.89. The van der Waals surface area contributed by atoms with Gasteiger partial charge in [-0.1, -0.05) is 19.3 Å². The van der Waals surface area contributed by atoms with Crippen LogP contribution in [-0.4, -0.2) is 10.1 Å². The number of aliphatic hydroxyl groups is 1. The average Bonchev–Trinajstić information content (AvgIpc) is 2.67. The monoisotopic (exact) mass is 181 g/mol. The zero-order valence-corrected chi connectivity index (χ0v) is 7.70. The Morgan fingerprint density at radius 3 is 2.77 bits per heavy atom. The third-order valence-electron chi connectivity index (χ3n) is 2.69. The molecule has 0 bridgehead atoms. The van der Waals surface area contributed by atoms with E-state index in [9.17, 15) is 0 Å². The summed E-state index contributed by atoms with van der Waals surface area (Å²) in [7, 11) is 0. The van der Waals surface area contributed by atoms with Crippen molar-refractivity contribution in [2.75, 3.05) is 0 Å². The van der Waals surface area contributed by atoms with Gasteiger partial charge in [0.05, 0.1) is 6.61 Å². The zero-order valence-electron chi connectivity index (χ0n) is 7.70. The van der Waals surface area contributed by atoms with Crippen molar-refractivity contribution in [2.45, 2.75) is 44.6 Å². The molecule has 0 amide bonds. The Morgan fingerprint density at radius 2 is 2.15 bits per heavy atom. The molecule has 13 heavy (non-hydrogen) atoms. The van der Waals surface area contributed by atoms with Crippen LogP contribution >= 0.6 is 0 Å². The first-order valence-electron chi connectivity index (χ1n) is 4.95. The third kappa shape index (κ3) is 1.91. The van der Waals surface area contributed by atoms with Gasteiger partial charge in [-0.3, -0.25) is 0 Å². The molecule has 1 saturated carbocycles. The van der Waals surface area contributed by atoms with Crippen LogP contribution in [0.3, 0.4) is 0 Å². The number of rotatable bonds is 2. The molecule has 0 spiro atoms. The molecule has 0 unspecified atom stereocenters. The molecule has 3 heteroatoms. The molecule has 1 aromatic rings. The lowest BCUT2D eigenvalue weighted by Crippen LogP contribution is -2.04. The number of aromatic nitrogens is 1. The molecule has 1 heterocycles. The maximum absolute atomic E-state index is 8.83. The summed E-state index contributed by atoms with van der Waals surface area (Å²) in [6.07, 6.45) is 7.83. The van der Waals surface area contributed by atoms with Crippen LogP contribution in [0.4, 0.5) is 0 Å². The summed E-state index contributed by atoms with van der Waals surface area (Å²) in [5.74, 6) is 1.32. The summed E-state index contributed by atoms with van der Waals surface area (Å²) < 4.78 is 5.32. The van der Waals surface area contributed by atoms with E-state index >= 15 is 0 Å². The summed E-state index contributed by atoms with van der Waals surface area (Å²) in [6, 6.07) is 0. The molecule has 0 atom stereocenters. The summed E-state index contributed by atoms with van der Waals surface area (Å²) in [6.45, 7) is -0.0176. The van der Waals surface area contributed by atoms with Crippen LogP contribution in [0.15, 0.2) is 10.7 Å². The predicted molar refractivity (Wildman–Crippen MR) is 48.3 cm³/mol. The van der Waals surface area contributed by atoms with Gasteiger partial charge in [0, 0.05) is 5.92 Å². The molecule has 2 rings (SSSR count). The van der Waals surface area contributed by atoms with Crippen LogP contribution in [0.5, 0.6) is 0 Å². The lowest BCUT2D eigenvalue weighted by Gasteiger charge is -2.17. The zero-order chi connectivity index (χ0) is 9.10. The van der Waals surface area contributed by atoms with Gasteiger partial charge in [0.2, 0.25) is 0 Å². The van der Waals surface area contributed by atoms with Crippen LogP contribution < -0.4 is 0 Å². The van der Waals surface area contributed by atoms with Crippen LogP contribution in [0.1, 0.15) is 49.6 Å². The van der Waals surface area contributed by atoms with Crippen LogP contribution in [0.2, 0.25) is 0 Å². The highest BCUT2D eigenvalue weighted by Crippen LogP contribution is 2.31. The van der Waals surface area contributed by atoms with E-state index in [-0.39, 0.29) is 6.61 Å². The molecule has 1 aliphatic rings. The minimum Gasteiger partial charge on any atom is -0.448 e. The molecule has 0 aliphatic heterocycles. The first-order valence-corrected chi connectivity index (χ1v) is 4.95. The van der Waals surface area contributed by atoms with E-state index in [4.69, 9.17) is 9.52 Å². The van der Waals surface area contributed by atoms with Crippen molar-refractivity contribution in [3.8, 4) is 0 Å². The van der Waals surface area contributed by atoms with Crippen molar-refractivity contribution >= 4 is 0 Å². The second kappa shape index (κ2) is 3.92. The first kappa shape index (κ1) is 8.75. The standard InChI is InChI=1S/C10H15NO2/c12-6-9-7-13-10(11-9)8-4-2-1-3-5-8/h7-8,12H,1-6H2. The van der Waals surface area contributed by atoms with Crippen molar-refractivity contribution < 1.29 is 9.52 Å². The summed E-state index contributed by atoms with van der Waals surface area (Å²) in [5, 5.41) is 8.83. The average molecular weight is 181 g/mol. The van der Waals surface area contributed by atoms with Gasteiger partial charge in [0.1, 0.15) is 12.0 Å². The van der Waals surface area contributed by atoms with Crippen LogP contribution in [0, 0.1) is 0 Å². The van der Waals surface area contributed by atoms with Crippen molar-refractivity contribution in [1.82, 2.24) is 4.98 Å². The molecular formula is C10H15NO2. The van der Waals surface area contributed by atoms with Crippen molar-refractivity contribution in [3.05, 3.63) is 17.8 Å². The fraction of sp³-hybridized carbons (Fsp3) is 0.700. The second-order valence-electron chi connectivity index (χ2n) is 3.67. The van der Waals surface area contributed by atoms with Gasteiger partial charge in [0.25, 0.3) is 0 Å². The summed E-state index contributed by atoms with van der Waals surface area (Å²) >= 11 is 0. The number of hydrogen-bond acceptors (Lipinski definition) is 3. The van der Waals surface area contributed by atoms with Crippen molar-refractivity contribution in [3.63, 3.8) is 0 Å². The van der Waals surface area contributed by atoms with E-state index in [2.05, 4.69) is 4.98 Å². The summed E-state index contributed by atoms with van der Waals surface area (Å²) in [5.41, 5.74) is 0.653. The normalized spacial score (nSPS) is 19.2. The molecular weight excluding hydrogens is 166 g/mol. The molecule has 1 aromatic heterocycles. The van der Waals surface area contributed by atoms with Gasteiger partial charge in [0.15, 0.2) is 5.89 Å². The highest BCUT2D eigenvalue weighted by molar-refractivity contribution is 5.00. The fourth-order valence-corrected chi connectivity index (χ4v) is 1.93. The van der Waals surface area contributed by atoms with Crippen LogP contribution in [0.25, 0.3) is 0 Å². The molecule has 0 saturated heterocycles. The Bertz CT molecular complexity index is 264. The Morgan fingerprint density at radius 1 is 1.38 bits per heavy atom. The third-order valence-corrected chi connectivity index (χ3v) is 2.69. The Hall–Kier alpha value is -0.830. The maximum atomic E-state index is 8.83. The van der Waals surface area contributed by atoms with Crippen molar-refractivity contribution in [2.24, 2.45) is 0 Å². The van der Waals surface area contributed by atoms with Crippen LogP contribution in [-0.2, 0) is 6.61 Å². The highest BCUT2D eigenvalue weighted by atomic mass is 16.3. The molecule has 1 N–H and O–H groups in total. The molecule has 0 aromatic carbocycles. The Balaban J connectivity index is 2.05. The van der Waals surface area contributed by atoms with Gasteiger partial charge in [-0.05, 0) is 12.8 Å². The quantitative estimate of drug-likeness (QED) is 0.760. The minimum atomic E-state index is -0.0176. The maximum Gasteiger partial charge on any atom is 0.197 e. The van der Waals surface area contributed by atoms with E-state index < -0.39 is 0 Å². The topological polar surface area (TPSA) is 46.3 Å². The van der Waals surface area contributed by atoms with Gasteiger partial charge in [-0.2, -0.15) is 0 Å². The van der Waals surface area contributed by atoms with E-state index in [0.29, 0.717) is 11.6 Å². The molecule has 72 valence electrons. The Kier molecular flexibility index (Phi) is 2.64. The minimum absolute atomic E-state index is 0.0176. The fourth-order valence-electron chi connectivity index (χ4n) is 1.93. The Labute approximate surface area is 77.8 Å². The van der Waals surface area contributed by atoms with Gasteiger partial charge < -0.3 is 9.52 Å². The van der Waals surface area contributed by atoms with E-state index in [1.807, 2.05) is 0 Å². The number of hydrogen-bond donors (Lipinski definition) is 1. The van der Waals surface area contributed by atoms with Gasteiger partial charge in [-0.25, -0.2) is 4.98 Å². The lowest BCUT2D eigenvalue weighted by molar-refractivity contribution is 0.276. The molecule has 1 aliphatic carbocycles. The largest absolute Gasteiger partial charge is 0.448 e. The molecule has 3 nitrogen and oxygen atoms in total. The van der Waals surface area contributed by atoms with E-state index in [1.54, 1.807) is 6.26 Å². The highest BCUT2D eigenvalue weighted by Gasteiger charge is 2.19. The predicted octanol–water partition coefficient (Wildman–Crippen LogP) is 2.21.